The molecule has 2 heterocycles. The Hall–Kier alpha value is -2.56. The Bertz CT molecular complexity index is 758. The number of phenolic OH excluding ortho intramolecular Hbond substituents is 1. The third-order valence-electron chi connectivity index (χ3n) is 2.75. The predicted octanol–water partition coefficient (Wildman–Crippen LogP) is 1.32. The van der Waals surface area contributed by atoms with Crippen LogP contribution in [-0.4, -0.2) is 19.7 Å². The van der Waals surface area contributed by atoms with Gasteiger partial charge in [-0.2, -0.15) is 0 Å². The van der Waals surface area contributed by atoms with Crippen molar-refractivity contribution in [2.24, 2.45) is 0 Å². The fourth-order valence-electron chi connectivity index (χ4n) is 1.87. The summed E-state index contributed by atoms with van der Waals surface area (Å²) < 4.78 is 1.68. The highest BCUT2D eigenvalue weighted by Gasteiger charge is 2.06. The van der Waals surface area contributed by atoms with Gasteiger partial charge < -0.3 is 5.11 Å². The van der Waals surface area contributed by atoms with Gasteiger partial charge in [-0.15, -0.1) is 0 Å². The number of fused-ring (bicyclic) bond motifs is 1. The molecule has 2 aromatic heterocycles. The number of H-pyrrole nitrogens is 1. The molecule has 0 aliphatic rings. The van der Waals surface area contributed by atoms with E-state index < -0.39 is 0 Å². The van der Waals surface area contributed by atoms with Gasteiger partial charge in [-0.1, -0.05) is 18.2 Å². The average Bonchev–Trinajstić information content (AvgIpc) is 2.73. The SMILES string of the molecule is O=c1ccn2[nH]c(Cc3ccccc3O)nc2c1. The monoisotopic (exact) mass is 241 g/mol. The van der Waals surface area contributed by atoms with Crippen LogP contribution in [-0.2, 0) is 6.42 Å². The van der Waals surface area contributed by atoms with Crippen LogP contribution in [0, 0.1) is 0 Å². The maximum Gasteiger partial charge on any atom is 0.183 e. The van der Waals surface area contributed by atoms with Crippen LogP contribution in [0.25, 0.3) is 5.65 Å². The Kier molecular flexibility index (Phi) is 2.37. The molecular formula is C13H11N3O2. The number of nitrogens with one attached hydrogen (secondary N) is 1. The third-order valence-corrected chi connectivity index (χ3v) is 2.75. The van der Waals surface area contributed by atoms with Crippen LogP contribution < -0.4 is 5.43 Å². The van der Waals surface area contributed by atoms with Crippen LogP contribution in [0.15, 0.2) is 47.4 Å². The molecule has 0 aliphatic carbocycles. The summed E-state index contributed by atoms with van der Waals surface area (Å²) in [6, 6.07) is 10.0. The second-order valence-corrected chi connectivity index (χ2v) is 4.07. The predicted molar refractivity (Wildman–Crippen MR) is 66.7 cm³/mol. The van der Waals surface area contributed by atoms with Crippen LogP contribution in [0.2, 0.25) is 0 Å². The lowest BCUT2D eigenvalue weighted by molar-refractivity contribution is 0.469. The highest BCUT2D eigenvalue weighted by molar-refractivity contribution is 5.39. The minimum Gasteiger partial charge on any atom is -0.508 e. The molecule has 0 atom stereocenters. The standard InChI is InChI=1S/C13H11N3O2/c17-10-5-6-16-13(8-10)14-12(15-16)7-9-3-1-2-4-11(9)18/h1-6,8,18H,7H2,(H,14,15). The van der Waals surface area contributed by atoms with Gasteiger partial charge in [0.15, 0.2) is 11.1 Å². The maximum atomic E-state index is 11.2. The minimum atomic E-state index is -0.0735. The Morgan fingerprint density at radius 1 is 1.28 bits per heavy atom. The first kappa shape index (κ1) is 10.6. The average molecular weight is 241 g/mol. The minimum absolute atomic E-state index is 0.0735. The molecule has 0 saturated heterocycles. The summed E-state index contributed by atoms with van der Waals surface area (Å²) in [5, 5.41) is 12.7. The lowest BCUT2D eigenvalue weighted by Gasteiger charge is -2.00. The van der Waals surface area contributed by atoms with E-state index in [0.717, 1.165) is 5.56 Å². The summed E-state index contributed by atoms with van der Waals surface area (Å²) >= 11 is 0. The van der Waals surface area contributed by atoms with Crippen molar-refractivity contribution in [3.05, 3.63) is 64.2 Å². The number of para-hydroxylation sites is 1. The first-order valence-electron chi connectivity index (χ1n) is 5.56. The zero-order valence-electron chi connectivity index (χ0n) is 9.50. The Balaban J connectivity index is 2.01. The number of rotatable bonds is 2. The van der Waals surface area contributed by atoms with Crippen molar-refractivity contribution in [2.75, 3.05) is 0 Å². The van der Waals surface area contributed by atoms with Gasteiger partial charge in [-0.25, -0.2) is 9.50 Å². The highest BCUT2D eigenvalue weighted by Crippen LogP contribution is 2.18. The lowest BCUT2D eigenvalue weighted by Crippen LogP contribution is -1.98. The van der Waals surface area contributed by atoms with Gasteiger partial charge in [0.25, 0.3) is 0 Å². The van der Waals surface area contributed by atoms with Gasteiger partial charge in [0.2, 0.25) is 0 Å². The fourth-order valence-corrected chi connectivity index (χ4v) is 1.87. The molecule has 3 rings (SSSR count). The van der Waals surface area contributed by atoms with E-state index >= 15 is 0 Å². The second-order valence-electron chi connectivity index (χ2n) is 4.07. The van der Waals surface area contributed by atoms with Crippen molar-refractivity contribution in [3.8, 4) is 5.75 Å². The van der Waals surface area contributed by atoms with Gasteiger partial charge in [0.1, 0.15) is 11.6 Å². The third kappa shape index (κ3) is 1.86. The number of aromatic nitrogens is 3. The van der Waals surface area contributed by atoms with Crippen molar-refractivity contribution in [1.29, 1.82) is 0 Å². The Morgan fingerprint density at radius 2 is 2.11 bits per heavy atom. The fraction of sp³-hybridized carbons (Fsp3) is 0.0769. The first-order chi connectivity index (χ1) is 8.72. The van der Waals surface area contributed by atoms with Crippen molar-refractivity contribution in [3.63, 3.8) is 0 Å². The van der Waals surface area contributed by atoms with E-state index in [1.54, 1.807) is 22.8 Å². The largest absolute Gasteiger partial charge is 0.508 e. The van der Waals surface area contributed by atoms with Crippen LogP contribution >= 0.6 is 0 Å². The van der Waals surface area contributed by atoms with E-state index in [-0.39, 0.29) is 11.2 Å². The zero-order valence-corrected chi connectivity index (χ0v) is 9.50. The summed E-state index contributed by atoms with van der Waals surface area (Å²) in [5.74, 6) is 0.939. The van der Waals surface area contributed by atoms with Crippen LogP contribution in [0.4, 0.5) is 0 Å². The van der Waals surface area contributed by atoms with Crippen LogP contribution in [0.5, 0.6) is 5.75 Å². The van der Waals surface area contributed by atoms with Gasteiger partial charge in [0.05, 0.1) is 0 Å². The quantitative estimate of drug-likeness (QED) is 0.710. The van der Waals surface area contributed by atoms with Gasteiger partial charge in [0, 0.05) is 30.3 Å². The number of phenols is 1. The summed E-state index contributed by atoms with van der Waals surface area (Å²) in [7, 11) is 0. The molecule has 3 aromatic rings. The topological polar surface area (TPSA) is 70.4 Å². The van der Waals surface area contributed by atoms with Crippen LogP contribution in [0.3, 0.4) is 0 Å². The molecule has 5 nitrogen and oxygen atoms in total. The molecule has 2 N–H and O–H groups in total. The lowest BCUT2D eigenvalue weighted by atomic mass is 10.1. The van der Waals surface area contributed by atoms with Crippen LogP contribution in [0.1, 0.15) is 11.4 Å². The smallest absolute Gasteiger partial charge is 0.183 e. The molecule has 0 radical (unpaired) electrons. The number of aromatic amines is 1. The number of benzene rings is 1. The molecule has 90 valence electrons. The molecule has 0 bridgehead atoms. The van der Waals surface area contributed by atoms with Crippen molar-refractivity contribution in [2.45, 2.75) is 6.42 Å². The highest BCUT2D eigenvalue weighted by atomic mass is 16.3. The summed E-state index contributed by atoms with van der Waals surface area (Å²) in [4.78, 5) is 15.5. The summed E-state index contributed by atoms with van der Waals surface area (Å²) in [6.45, 7) is 0. The summed E-state index contributed by atoms with van der Waals surface area (Å²) in [6.07, 6.45) is 2.13. The first-order valence-corrected chi connectivity index (χ1v) is 5.56. The molecule has 0 spiro atoms. The number of aromatic hydroxyl groups is 1. The summed E-state index contributed by atoms with van der Waals surface area (Å²) in [5.41, 5.74) is 1.29. The zero-order chi connectivity index (χ0) is 12.5. The molecule has 0 saturated carbocycles. The normalized spacial score (nSPS) is 10.9. The molecule has 0 unspecified atom stereocenters. The van der Waals surface area contributed by atoms with Crippen molar-refractivity contribution in [1.82, 2.24) is 14.6 Å². The van der Waals surface area contributed by atoms with E-state index in [9.17, 15) is 9.90 Å². The van der Waals surface area contributed by atoms with E-state index in [1.807, 2.05) is 12.1 Å². The van der Waals surface area contributed by atoms with Gasteiger partial charge in [-0.05, 0) is 6.07 Å². The molecule has 1 aromatic carbocycles. The van der Waals surface area contributed by atoms with E-state index in [1.165, 1.54) is 12.1 Å². The number of pyridine rings is 1. The van der Waals surface area contributed by atoms with Gasteiger partial charge in [-0.3, -0.25) is 9.89 Å². The number of nitrogens with zero attached hydrogens (tertiary/aromatic N) is 2. The molecule has 0 amide bonds. The number of hydrogen-bond donors (Lipinski definition) is 2. The maximum absolute atomic E-state index is 11.2. The van der Waals surface area contributed by atoms with E-state index in [0.29, 0.717) is 17.9 Å². The molecule has 5 heteroatoms. The van der Waals surface area contributed by atoms with Crippen molar-refractivity contribution < 1.29 is 5.11 Å². The molecular weight excluding hydrogens is 230 g/mol. The van der Waals surface area contributed by atoms with E-state index in [2.05, 4.69) is 10.1 Å². The van der Waals surface area contributed by atoms with Crippen molar-refractivity contribution >= 4 is 5.65 Å². The second kappa shape index (κ2) is 4.03. The van der Waals surface area contributed by atoms with E-state index in [4.69, 9.17) is 0 Å². The molecule has 0 aliphatic heterocycles. The Labute approximate surface area is 102 Å². The molecule has 18 heavy (non-hydrogen) atoms. The molecule has 0 fully saturated rings. The Morgan fingerprint density at radius 3 is 2.94 bits per heavy atom. The van der Waals surface area contributed by atoms with Gasteiger partial charge >= 0.3 is 0 Å². The number of hydrogen-bond acceptors (Lipinski definition) is 3.